The molecule has 7 nitrogen and oxygen atoms in total. The molecule has 0 saturated carbocycles. The third-order valence-electron chi connectivity index (χ3n) is 4.38. The number of amides is 1. The molecule has 0 aromatic heterocycles. The summed E-state index contributed by atoms with van der Waals surface area (Å²) < 4.78 is 24.9. The fourth-order valence-corrected chi connectivity index (χ4v) is 2.98. The van der Waals surface area contributed by atoms with Gasteiger partial charge in [-0.05, 0) is 36.8 Å². The van der Waals surface area contributed by atoms with Crippen LogP contribution in [0.5, 0.6) is 0 Å². The second kappa shape index (κ2) is 7.86. The van der Waals surface area contributed by atoms with E-state index in [1.54, 1.807) is 28.4 Å². The van der Waals surface area contributed by atoms with Crippen molar-refractivity contribution < 1.29 is 18.7 Å². The van der Waals surface area contributed by atoms with Crippen LogP contribution in [0.1, 0.15) is 12.8 Å². The van der Waals surface area contributed by atoms with E-state index in [-0.39, 0.29) is 6.10 Å². The standard InChI is InChI=1S/C17H21FN4O3S/c1-20-7-8-21(11-19-20)15-5-3-12(9-14(15)18)22-10-13(25-17(22)23)4-6-16(26)24-2/h3,5,9,11,13H,4,6-8,10H2,1-2H3/t13-/m0/s1. The Labute approximate surface area is 156 Å². The van der Waals surface area contributed by atoms with Crippen LogP contribution in [0.3, 0.4) is 0 Å². The van der Waals surface area contributed by atoms with Crippen LogP contribution in [0.15, 0.2) is 23.3 Å². The first-order chi connectivity index (χ1) is 12.5. The van der Waals surface area contributed by atoms with E-state index in [1.807, 2.05) is 7.05 Å². The molecule has 2 aliphatic heterocycles. The van der Waals surface area contributed by atoms with Crippen LogP contribution in [0, 0.1) is 5.82 Å². The Bertz CT molecular complexity index is 730. The zero-order valence-corrected chi connectivity index (χ0v) is 15.5. The zero-order valence-electron chi connectivity index (χ0n) is 14.7. The first kappa shape index (κ1) is 18.4. The van der Waals surface area contributed by atoms with Gasteiger partial charge in [-0.25, -0.2) is 9.18 Å². The summed E-state index contributed by atoms with van der Waals surface area (Å²) in [6.45, 7) is 1.71. The van der Waals surface area contributed by atoms with Gasteiger partial charge in [-0.15, -0.1) is 0 Å². The van der Waals surface area contributed by atoms with Gasteiger partial charge in [0.05, 0.1) is 31.6 Å². The number of hydrogen-bond acceptors (Lipinski definition) is 7. The molecule has 1 amide bonds. The quantitative estimate of drug-likeness (QED) is 0.732. The molecule has 1 aromatic rings. The lowest BCUT2D eigenvalue weighted by Gasteiger charge is -2.28. The maximum absolute atomic E-state index is 14.6. The van der Waals surface area contributed by atoms with E-state index in [9.17, 15) is 9.18 Å². The van der Waals surface area contributed by atoms with Crippen LogP contribution in [0.2, 0.25) is 0 Å². The van der Waals surface area contributed by atoms with Crippen LogP contribution < -0.4 is 9.80 Å². The number of rotatable bonds is 5. The first-order valence-corrected chi connectivity index (χ1v) is 8.75. The largest absolute Gasteiger partial charge is 0.490 e. The molecule has 0 spiro atoms. The molecule has 1 fully saturated rings. The Morgan fingerprint density at radius 2 is 2.27 bits per heavy atom. The smallest absolute Gasteiger partial charge is 0.414 e. The normalized spacial score (nSPS) is 19.7. The van der Waals surface area contributed by atoms with Gasteiger partial charge in [0.25, 0.3) is 0 Å². The average Bonchev–Trinajstić information content (AvgIpc) is 3.01. The maximum atomic E-state index is 14.6. The second-order valence-corrected chi connectivity index (χ2v) is 6.63. The van der Waals surface area contributed by atoms with Crippen molar-refractivity contribution in [1.29, 1.82) is 0 Å². The SMILES string of the molecule is COC(=S)CC[C@H]1CN(c2ccc(N3C=NN(C)CC3)c(F)c2)C(=O)O1. The molecule has 3 rings (SSSR count). The summed E-state index contributed by atoms with van der Waals surface area (Å²) >= 11 is 5.00. The summed E-state index contributed by atoms with van der Waals surface area (Å²) in [5.41, 5.74) is 0.902. The van der Waals surface area contributed by atoms with Crippen LogP contribution in [0.25, 0.3) is 0 Å². The third-order valence-corrected chi connectivity index (χ3v) is 4.75. The van der Waals surface area contributed by atoms with Gasteiger partial charge in [0.1, 0.15) is 18.3 Å². The summed E-state index contributed by atoms with van der Waals surface area (Å²) in [6.07, 6.45) is 1.94. The molecule has 0 radical (unpaired) electrons. The minimum Gasteiger partial charge on any atom is -0.490 e. The Morgan fingerprint density at radius 1 is 1.46 bits per heavy atom. The van der Waals surface area contributed by atoms with Crippen LogP contribution in [0.4, 0.5) is 20.6 Å². The second-order valence-electron chi connectivity index (χ2n) is 6.17. The molecule has 0 bridgehead atoms. The highest BCUT2D eigenvalue weighted by Gasteiger charge is 2.32. The van der Waals surface area contributed by atoms with Gasteiger partial charge in [0.2, 0.25) is 0 Å². The number of methoxy groups -OCH3 is 1. The van der Waals surface area contributed by atoms with Crippen molar-refractivity contribution in [2.45, 2.75) is 18.9 Å². The molecule has 1 saturated heterocycles. The number of thiocarbonyl (C=S) groups is 1. The van der Waals surface area contributed by atoms with Crippen molar-refractivity contribution in [2.24, 2.45) is 5.10 Å². The van der Waals surface area contributed by atoms with E-state index >= 15 is 0 Å². The third kappa shape index (κ3) is 4.04. The number of cyclic esters (lactones) is 1. The number of hydrogen-bond donors (Lipinski definition) is 0. The van der Waals surface area contributed by atoms with Crippen molar-refractivity contribution in [3.63, 3.8) is 0 Å². The number of nitrogens with zero attached hydrogens (tertiary/aromatic N) is 4. The van der Waals surface area contributed by atoms with Crippen LogP contribution in [-0.2, 0) is 9.47 Å². The highest BCUT2D eigenvalue weighted by Crippen LogP contribution is 2.28. The molecule has 0 unspecified atom stereocenters. The van der Waals surface area contributed by atoms with Gasteiger partial charge in [-0.1, -0.05) is 0 Å². The number of ether oxygens (including phenoxy) is 2. The Balaban J connectivity index is 1.68. The number of halogens is 1. The van der Waals surface area contributed by atoms with Gasteiger partial charge in [-0.3, -0.25) is 9.91 Å². The highest BCUT2D eigenvalue weighted by atomic mass is 32.1. The van der Waals surface area contributed by atoms with E-state index in [0.29, 0.717) is 48.9 Å². The summed E-state index contributed by atoms with van der Waals surface area (Å²) in [7, 11) is 3.38. The highest BCUT2D eigenvalue weighted by molar-refractivity contribution is 7.80. The lowest BCUT2D eigenvalue weighted by Crippen LogP contribution is -2.36. The Kier molecular flexibility index (Phi) is 5.55. The van der Waals surface area contributed by atoms with Crippen LogP contribution >= 0.6 is 12.2 Å². The van der Waals surface area contributed by atoms with Gasteiger partial charge in [0.15, 0.2) is 5.05 Å². The van der Waals surface area contributed by atoms with Gasteiger partial charge in [0, 0.05) is 20.0 Å². The molecule has 9 heteroatoms. The number of carbonyl (C=O) groups is 1. The molecule has 0 aliphatic carbocycles. The van der Waals surface area contributed by atoms with Crippen molar-refractivity contribution in [3.8, 4) is 0 Å². The van der Waals surface area contributed by atoms with Gasteiger partial charge < -0.3 is 14.4 Å². The Hall–Kier alpha value is -2.42. The van der Waals surface area contributed by atoms with E-state index in [1.165, 1.54) is 18.1 Å². The van der Waals surface area contributed by atoms with E-state index in [0.717, 1.165) is 0 Å². The van der Waals surface area contributed by atoms with E-state index in [4.69, 9.17) is 21.7 Å². The average molecular weight is 380 g/mol. The van der Waals surface area contributed by atoms with Crippen molar-refractivity contribution in [3.05, 3.63) is 24.0 Å². The summed E-state index contributed by atoms with van der Waals surface area (Å²) in [5.74, 6) is -0.407. The summed E-state index contributed by atoms with van der Waals surface area (Å²) in [4.78, 5) is 15.3. The zero-order chi connectivity index (χ0) is 18.7. The lowest BCUT2D eigenvalue weighted by molar-refractivity contribution is 0.137. The molecule has 26 heavy (non-hydrogen) atoms. The van der Waals surface area contributed by atoms with Gasteiger partial charge in [-0.2, -0.15) is 5.10 Å². The Morgan fingerprint density at radius 3 is 2.92 bits per heavy atom. The van der Waals surface area contributed by atoms with Gasteiger partial charge >= 0.3 is 6.09 Å². The van der Waals surface area contributed by atoms with Crippen LogP contribution in [-0.4, -0.2) is 62.4 Å². The van der Waals surface area contributed by atoms with Crippen molar-refractivity contribution in [2.75, 3.05) is 43.6 Å². The fourth-order valence-electron chi connectivity index (χ4n) is 2.86. The molecular formula is C17H21FN4O3S. The monoisotopic (exact) mass is 380 g/mol. The molecule has 140 valence electrons. The van der Waals surface area contributed by atoms with E-state index < -0.39 is 11.9 Å². The molecular weight excluding hydrogens is 359 g/mol. The molecule has 2 aliphatic rings. The molecule has 1 aromatic carbocycles. The van der Waals surface area contributed by atoms with E-state index in [2.05, 4.69) is 5.10 Å². The molecule has 2 heterocycles. The first-order valence-electron chi connectivity index (χ1n) is 8.34. The summed E-state index contributed by atoms with van der Waals surface area (Å²) in [5, 5.41) is 6.42. The predicted molar refractivity (Wildman–Crippen MR) is 101 cm³/mol. The maximum Gasteiger partial charge on any atom is 0.414 e. The predicted octanol–water partition coefficient (Wildman–Crippen LogP) is 2.60. The fraction of sp³-hybridized carbons (Fsp3) is 0.471. The number of hydrazone groups is 1. The molecule has 0 N–H and O–H groups in total. The number of carbonyl (C=O) groups excluding carboxylic acids is 1. The lowest BCUT2D eigenvalue weighted by atomic mass is 10.2. The topological polar surface area (TPSA) is 57.6 Å². The molecule has 1 atom stereocenters. The minimum atomic E-state index is -0.480. The summed E-state index contributed by atoms with van der Waals surface area (Å²) in [6, 6.07) is 4.72. The number of anilines is 2. The van der Waals surface area contributed by atoms with Crippen molar-refractivity contribution in [1.82, 2.24) is 5.01 Å². The van der Waals surface area contributed by atoms with Crippen molar-refractivity contribution >= 4 is 41.1 Å². The number of likely N-dealkylation sites (N-methyl/N-ethyl adjacent to an activating group) is 1. The minimum absolute atomic E-state index is 0.289. The number of benzene rings is 1.